The van der Waals surface area contributed by atoms with Gasteiger partial charge in [-0.1, -0.05) is 29.9 Å². The van der Waals surface area contributed by atoms with E-state index in [1.165, 1.54) is 27.0 Å². The lowest BCUT2D eigenvalue weighted by molar-refractivity contribution is -0.138. The van der Waals surface area contributed by atoms with Gasteiger partial charge in [-0.15, -0.1) is 0 Å². The zero-order chi connectivity index (χ0) is 29.1. The monoisotopic (exact) mass is 586 g/mol. The zero-order valence-electron chi connectivity index (χ0n) is 21.0. The Morgan fingerprint density at radius 2 is 1.72 bits per heavy atom. The van der Waals surface area contributed by atoms with Gasteiger partial charge in [0, 0.05) is 17.8 Å². The lowest BCUT2D eigenvalue weighted by Gasteiger charge is -2.25. The van der Waals surface area contributed by atoms with Gasteiger partial charge in [0.1, 0.15) is 21.9 Å². The number of alkyl halides is 3. The third-order valence-corrected chi connectivity index (χ3v) is 7.24. The molecule has 0 fully saturated rings. The Morgan fingerprint density at radius 1 is 1.05 bits per heavy atom. The highest BCUT2D eigenvalue weighted by molar-refractivity contribution is 7.17. The summed E-state index contributed by atoms with van der Waals surface area (Å²) in [6.07, 6.45) is -4.58. The third-order valence-electron chi connectivity index (χ3n) is 5.84. The van der Waals surface area contributed by atoms with Crippen molar-refractivity contribution in [1.82, 2.24) is 4.98 Å². The Kier molecular flexibility index (Phi) is 8.86. The first-order chi connectivity index (χ1) is 18.2. The van der Waals surface area contributed by atoms with E-state index in [4.69, 9.17) is 16.3 Å². The van der Waals surface area contributed by atoms with Crippen molar-refractivity contribution in [2.45, 2.75) is 33.4 Å². The Morgan fingerprint density at radius 3 is 2.33 bits per heavy atom. The van der Waals surface area contributed by atoms with Crippen molar-refractivity contribution in [3.8, 4) is 5.75 Å². The molecule has 1 atom stereocenters. The molecule has 3 N–H and O–H groups in total. The number of ether oxygens (including phenoxy) is 1. The molecular formula is C25H23ClF4N4O4S. The number of halogens is 5. The molecule has 14 heteroatoms. The molecule has 3 amide bonds. The van der Waals surface area contributed by atoms with Gasteiger partial charge in [-0.05, 0) is 44.5 Å². The minimum Gasteiger partial charge on any atom is -0.497 e. The quantitative estimate of drug-likeness (QED) is 0.206. The normalized spacial score (nSPS) is 12.8. The molecule has 1 heterocycles. The van der Waals surface area contributed by atoms with E-state index in [0.717, 1.165) is 35.6 Å². The molecule has 0 bridgehead atoms. The van der Waals surface area contributed by atoms with E-state index in [9.17, 15) is 31.9 Å². The van der Waals surface area contributed by atoms with Crippen molar-refractivity contribution in [3.63, 3.8) is 0 Å². The molecule has 3 aromatic rings. The van der Waals surface area contributed by atoms with Crippen LogP contribution in [0, 0.1) is 18.2 Å². The Labute approximate surface area is 229 Å². The summed E-state index contributed by atoms with van der Waals surface area (Å²) in [5.74, 6) is -2.73. The molecule has 0 spiro atoms. The lowest BCUT2D eigenvalue weighted by Crippen LogP contribution is -2.43. The van der Waals surface area contributed by atoms with Crippen LogP contribution in [0.15, 0.2) is 36.4 Å². The first-order valence-corrected chi connectivity index (χ1v) is 12.5. The summed E-state index contributed by atoms with van der Waals surface area (Å²) in [5, 5.41) is 7.22. The van der Waals surface area contributed by atoms with E-state index in [-0.39, 0.29) is 44.3 Å². The van der Waals surface area contributed by atoms with Gasteiger partial charge < -0.3 is 20.7 Å². The molecule has 2 aromatic carbocycles. The summed E-state index contributed by atoms with van der Waals surface area (Å²) in [5.41, 5.74) is -2.59. The summed E-state index contributed by atoms with van der Waals surface area (Å²) in [6.45, 7) is 4.46. The van der Waals surface area contributed by atoms with Gasteiger partial charge >= 0.3 is 6.18 Å². The number of methoxy groups -OCH3 is 1. The van der Waals surface area contributed by atoms with E-state index in [2.05, 4.69) is 20.9 Å². The van der Waals surface area contributed by atoms with E-state index in [1.807, 2.05) is 0 Å². The van der Waals surface area contributed by atoms with Crippen LogP contribution in [0.2, 0.25) is 5.02 Å². The number of thiazole rings is 1. The van der Waals surface area contributed by atoms with Crippen molar-refractivity contribution in [2.75, 3.05) is 23.1 Å². The largest absolute Gasteiger partial charge is 0.497 e. The number of hydrogen-bond acceptors (Lipinski definition) is 6. The summed E-state index contributed by atoms with van der Waals surface area (Å²) < 4.78 is 58.0. The predicted octanol–water partition coefficient (Wildman–Crippen LogP) is 6.52. The molecule has 0 aliphatic heterocycles. The third kappa shape index (κ3) is 6.84. The van der Waals surface area contributed by atoms with Crippen LogP contribution in [-0.4, -0.2) is 29.8 Å². The van der Waals surface area contributed by atoms with E-state index < -0.39 is 40.7 Å². The standard InChI is InChI=1S/C25H23ClF4N4O4S/c1-5-24(3,21(36)32-15-9-14(27)10-16(11-15)38-4)22(37)34-23-31-12(2)19(39-23)20(35)33-18-8-13(25(28,29)30)6-7-17(18)26/h6-11H,5H2,1-4H3,(H,32,36)(H,33,35)(H,31,34,37). The van der Waals surface area contributed by atoms with Crippen LogP contribution >= 0.6 is 22.9 Å². The first kappa shape index (κ1) is 29.8. The van der Waals surface area contributed by atoms with Crippen molar-refractivity contribution >= 4 is 57.2 Å². The van der Waals surface area contributed by atoms with Crippen LogP contribution in [0.4, 0.5) is 34.1 Å². The van der Waals surface area contributed by atoms with Gasteiger partial charge in [-0.25, -0.2) is 9.37 Å². The number of rotatable bonds is 8. The van der Waals surface area contributed by atoms with E-state index in [1.54, 1.807) is 6.92 Å². The van der Waals surface area contributed by atoms with Crippen LogP contribution in [0.25, 0.3) is 0 Å². The smallest absolute Gasteiger partial charge is 0.416 e. The molecule has 1 aromatic heterocycles. The van der Waals surface area contributed by atoms with E-state index >= 15 is 0 Å². The molecule has 0 saturated carbocycles. The predicted molar refractivity (Wildman–Crippen MR) is 140 cm³/mol. The number of amides is 3. The summed E-state index contributed by atoms with van der Waals surface area (Å²) >= 11 is 6.72. The number of aryl methyl sites for hydroxylation is 1. The second kappa shape index (κ2) is 11.6. The maximum absolute atomic E-state index is 13.8. The fourth-order valence-corrected chi connectivity index (χ4v) is 4.34. The van der Waals surface area contributed by atoms with Gasteiger partial charge in [0.25, 0.3) is 5.91 Å². The highest BCUT2D eigenvalue weighted by atomic mass is 35.5. The molecule has 0 aliphatic carbocycles. The number of aromatic nitrogens is 1. The molecular weight excluding hydrogens is 564 g/mol. The molecule has 0 saturated heterocycles. The molecule has 3 rings (SSSR count). The maximum Gasteiger partial charge on any atom is 0.416 e. The minimum atomic E-state index is -4.64. The topological polar surface area (TPSA) is 109 Å². The van der Waals surface area contributed by atoms with E-state index in [0.29, 0.717) is 6.07 Å². The Balaban J connectivity index is 1.77. The van der Waals surface area contributed by atoms with Crippen LogP contribution in [0.3, 0.4) is 0 Å². The maximum atomic E-state index is 13.8. The van der Waals surface area contributed by atoms with Gasteiger partial charge in [0.15, 0.2) is 5.13 Å². The highest BCUT2D eigenvalue weighted by Gasteiger charge is 2.40. The second-order valence-electron chi connectivity index (χ2n) is 8.55. The average Bonchev–Trinajstić information content (AvgIpc) is 3.23. The molecule has 8 nitrogen and oxygen atoms in total. The lowest BCUT2D eigenvalue weighted by atomic mass is 9.85. The Bertz CT molecular complexity index is 1430. The van der Waals surface area contributed by atoms with Gasteiger partial charge in [-0.3, -0.25) is 14.4 Å². The Hall–Kier alpha value is -3.71. The number of nitrogens with zero attached hydrogens (tertiary/aromatic N) is 1. The van der Waals surface area contributed by atoms with Crippen LogP contribution in [-0.2, 0) is 15.8 Å². The fourth-order valence-electron chi connectivity index (χ4n) is 3.32. The van der Waals surface area contributed by atoms with Gasteiger partial charge in [0.2, 0.25) is 11.8 Å². The van der Waals surface area contributed by atoms with Crippen LogP contribution in [0.5, 0.6) is 5.75 Å². The first-order valence-electron chi connectivity index (χ1n) is 11.3. The van der Waals surface area contributed by atoms with Crippen molar-refractivity contribution < 1.29 is 36.7 Å². The van der Waals surface area contributed by atoms with Crippen LogP contribution in [0.1, 0.15) is 41.2 Å². The summed E-state index contributed by atoms with van der Waals surface area (Å²) in [6, 6.07) is 6.09. The number of anilines is 3. The molecule has 1 unspecified atom stereocenters. The number of carbonyl (C=O) groups is 3. The summed E-state index contributed by atoms with van der Waals surface area (Å²) in [4.78, 5) is 43.1. The van der Waals surface area contributed by atoms with Crippen molar-refractivity contribution in [3.05, 3.63) is 63.4 Å². The van der Waals surface area contributed by atoms with Gasteiger partial charge in [-0.2, -0.15) is 13.2 Å². The molecule has 39 heavy (non-hydrogen) atoms. The van der Waals surface area contributed by atoms with Crippen molar-refractivity contribution in [2.24, 2.45) is 5.41 Å². The minimum absolute atomic E-state index is 0.00767. The molecule has 208 valence electrons. The van der Waals surface area contributed by atoms with Crippen molar-refractivity contribution in [1.29, 1.82) is 0 Å². The number of carbonyl (C=O) groups excluding carboxylic acids is 3. The number of benzene rings is 2. The molecule has 0 aliphatic rings. The highest BCUT2D eigenvalue weighted by Crippen LogP contribution is 2.35. The number of hydrogen-bond donors (Lipinski definition) is 3. The van der Waals surface area contributed by atoms with Crippen LogP contribution < -0.4 is 20.7 Å². The molecule has 0 radical (unpaired) electrons. The second-order valence-corrected chi connectivity index (χ2v) is 9.96. The average molecular weight is 587 g/mol. The van der Waals surface area contributed by atoms with Gasteiger partial charge in [0.05, 0.1) is 29.1 Å². The summed E-state index contributed by atoms with van der Waals surface area (Å²) in [7, 11) is 1.34. The fraction of sp³-hybridized carbons (Fsp3) is 0.280. The zero-order valence-corrected chi connectivity index (χ0v) is 22.6. The number of nitrogens with one attached hydrogen (secondary N) is 3. The SMILES string of the molecule is CCC(C)(C(=O)Nc1cc(F)cc(OC)c1)C(=O)Nc1nc(C)c(C(=O)Nc2cc(C(F)(F)F)ccc2Cl)s1.